The second kappa shape index (κ2) is 9.38. The minimum absolute atomic E-state index is 0.0972. The maximum atomic E-state index is 12.3. The van der Waals surface area contributed by atoms with Gasteiger partial charge in [-0.05, 0) is 55.3 Å². The molecule has 166 valence electrons. The molecule has 3 aliphatic rings. The van der Waals surface area contributed by atoms with Crippen LogP contribution < -0.4 is 10.6 Å². The Bertz CT molecular complexity index is 1060. The molecule has 1 aromatic carbocycles. The monoisotopic (exact) mass is 447 g/mol. The zero-order valence-corrected chi connectivity index (χ0v) is 19.1. The van der Waals surface area contributed by atoms with E-state index in [1.807, 2.05) is 37.3 Å². The summed E-state index contributed by atoms with van der Waals surface area (Å²) in [7, 11) is 0. The zero-order chi connectivity index (χ0) is 21.9. The summed E-state index contributed by atoms with van der Waals surface area (Å²) in [6.45, 7) is 5.32. The van der Waals surface area contributed by atoms with Gasteiger partial charge in [0.25, 0.3) is 0 Å². The van der Waals surface area contributed by atoms with Gasteiger partial charge in [0.1, 0.15) is 5.82 Å². The SMILES string of the molecule is Cc1nc(-c2cccs2)cc([C@H]2CN3CC[C@H]2C[C@@H]3CNC(=O)NCc2ccccc2)n1. The van der Waals surface area contributed by atoms with Crippen LogP contribution in [0.25, 0.3) is 10.6 Å². The van der Waals surface area contributed by atoms with Gasteiger partial charge in [-0.2, -0.15) is 0 Å². The molecule has 3 saturated heterocycles. The van der Waals surface area contributed by atoms with Gasteiger partial charge in [-0.1, -0.05) is 36.4 Å². The standard InChI is InChI=1S/C25H29N5OS/c1-17-28-22(13-23(29-17)24-8-5-11-32-24)21-16-30-10-9-19(21)12-20(30)15-27-25(31)26-14-18-6-3-2-4-7-18/h2-8,11,13,19-21H,9-10,12,14-16H2,1H3,(H2,26,27,31)/t19-,20+,21-/m0/s1. The van der Waals surface area contributed by atoms with E-state index in [2.05, 4.69) is 44.1 Å². The molecular weight excluding hydrogens is 418 g/mol. The fraction of sp³-hybridized carbons (Fsp3) is 0.400. The van der Waals surface area contributed by atoms with Gasteiger partial charge >= 0.3 is 6.03 Å². The lowest BCUT2D eigenvalue weighted by atomic mass is 9.74. The number of aromatic nitrogens is 2. The van der Waals surface area contributed by atoms with E-state index in [0.29, 0.717) is 31.0 Å². The number of nitrogens with zero attached hydrogens (tertiary/aromatic N) is 3. The fourth-order valence-electron chi connectivity index (χ4n) is 5.07. The number of hydrogen-bond donors (Lipinski definition) is 2. The third kappa shape index (κ3) is 4.69. The van der Waals surface area contributed by atoms with Gasteiger partial charge in [0.05, 0.1) is 10.6 Å². The number of hydrogen-bond acceptors (Lipinski definition) is 5. The molecule has 1 unspecified atom stereocenters. The zero-order valence-electron chi connectivity index (χ0n) is 18.3. The highest BCUT2D eigenvalue weighted by atomic mass is 32.1. The van der Waals surface area contributed by atoms with Crippen LogP contribution in [-0.2, 0) is 6.54 Å². The van der Waals surface area contributed by atoms with Crippen LogP contribution in [0.15, 0.2) is 53.9 Å². The van der Waals surface area contributed by atoms with Crippen molar-refractivity contribution in [2.75, 3.05) is 19.6 Å². The summed E-state index contributed by atoms with van der Waals surface area (Å²) in [4.78, 5) is 25.5. The summed E-state index contributed by atoms with van der Waals surface area (Å²) in [5.41, 5.74) is 3.31. The van der Waals surface area contributed by atoms with Crippen molar-refractivity contribution in [3.05, 3.63) is 71.0 Å². The van der Waals surface area contributed by atoms with E-state index in [0.717, 1.165) is 36.6 Å². The number of rotatable bonds is 6. The average molecular weight is 448 g/mol. The second-order valence-corrected chi connectivity index (χ2v) is 9.74. The van der Waals surface area contributed by atoms with Gasteiger partial charge in [-0.3, -0.25) is 4.90 Å². The van der Waals surface area contributed by atoms with Gasteiger partial charge in [0.2, 0.25) is 0 Å². The van der Waals surface area contributed by atoms with Gasteiger partial charge in [0, 0.05) is 37.3 Å². The predicted octanol–water partition coefficient (Wildman–Crippen LogP) is 4.19. The van der Waals surface area contributed by atoms with E-state index in [1.165, 1.54) is 17.0 Å². The summed E-state index contributed by atoms with van der Waals surface area (Å²) >= 11 is 1.72. The number of nitrogens with one attached hydrogen (secondary N) is 2. The van der Waals surface area contributed by atoms with Crippen molar-refractivity contribution in [2.24, 2.45) is 5.92 Å². The molecule has 0 aliphatic carbocycles. The molecule has 32 heavy (non-hydrogen) atoms. The van der Waals surface area contributed by atoms with Gasteiger partial charge in [-0.25, -0.2) is 14.8 Å². The van der Waals surface area contributed by atoms with E-state index < -0.39 is 0 Å². The molecule has 6 nitrogen and oxygen atoms in total. The minimum atomic E-state index is -0.0972. The fourth-order valence-corrected chi connectivity index (χ4v) is 5.75. The number of fused-ring (bicyclic) bond motifs is 3. The molecule has 3 aliphatic heterocycles. The van der Waals surface area contributed by atoms with E-state index in [4.69, 9.17) is 4.98 Å². The molecule has 7 heteroatoms. The predicted molar refractivity (Wildman–Crippen MR) is 128 cm³/mol. The Hall–Kier alpha value is -2.77. The molecule has 2 amide bonds. The molecule has 2 bridgehead atoms. The molecule has 5 heterocycles. The highest BCUT2D eigenvalue weighted by Gasteiger charge is 2.41. The van der Waals surface area contributed by atoms with E-state index in [1.54, 1.807) is 11.3 Å². The van der Waals surface area contributed by atoms with Crippen LogP contribution >= 0.6 is 11.3 Å². The Morgan fingerprint density at radius 1 is 1.16 bits per heavy atom. The molecule has 2 N–H and O–H groups in total. The van der Waals surface area contributed by atoms with Crippen molar-refractivity contribution in [1.29, 1.82) is 0 Å². The number of urea groups is 1. The van der Waals surface area contributed by atoms with Crippen LogP contribution in [0.4, 0.5) is 4.79 Å². The van der Waals surface area contributed by atoms with Crippen LogP contribution in [0.3, 0.4) is 0 Å². The highest BCUT2D eigenvalue weighted by Crippen LogP contribution is 2.41. The van der Waals surface area contributed by atoms with Crippen LogP contribution in [0.1, 0.15) is 35.8 Å². The maximum Gasteiger partial charge on any atom is 0.315 e. The van der Waals surface area contributed by atoms with Gasteiger partial charge < -0.3 is 10.6 Å². The number of thiophene rings is 1. The first-order chi connectivity index (χ1) is 15.7. The van der Waals surface area contributed by atoms with Crippen LogP contribution in [-0.4, -0.2) is 46.6 Å². The number of carbonyl (C=O) groups is 1. The normalized spacial score (nSPS) is 24.3. The lowest BCUT2D eigenvalue weighted by molar-refractivity contribution is 0.0305. The lowest BCUT2D eigenvalue weighted by Crippen LogP contribution is -2.56. The van der Waals surface area contributed by atoms with E-state index >= 15 is 0 Å². The van der Waals surface area contributed by atoms with Crippen LogP contribution in [0.2, 0.25) is 0 Å². The molecule has 3 aromatic rings. The molecule has 0 spiro atoms. The summed E-state index contributed by atoms with van der Waals surface area (Å²) in [5, 5.41) is 8.13. The molecule has 4 atom stereocenters. The summed E-state index contributed by atoms with van der Waals surface area (Å²) in [5.74, 6) is 1.88. The van der Waals surface area contributed by atoms with Crippen molar-refractivity contribution in [3.63, 3.8) is 0 Å². The number of piperidine rings is 3. The largest absolute Gasteiger partial charge is 0.337 e. The van der Waals surface area contributed by atoms with Crippen molar-refractivity contribution >= 4 is 17.4 Å². The van der Waals surface area contributed by atoms with Crippen molar-refractivity contribution < 1.29 is 4.79 Å². The Morgan fingerprint density at radius 2 is 2.03 bits per heavy atom. The van der Waals surface area contributed by atoms with Crippen LogP contribution in [0.5, 0.6) is 0 Å². The first-order valence-electron chi connectivity index (χ1n) is 11.3. The van der Waals surface area contributed by atoms with Crippen molar-refractivity contribution in [1.82, 2.24) is 25.5 Å². The average Bonchev–Trinajstić information content (AvgIpc) is 3.37. The van der Waals surface area contributed by atoms with Crippen molar-refractivity contribution in [2.45, 2.75) is 38.3 Å². The third-order valence-electron chi connectivity index (χ3n) is 6.68. The Balaban J connectivity index is 1.18. The number of amides is 2. The lowest BCUT2D eigenvalue weighted by Gasteiger charge is -2.49. The van der Waals surface area contributed by atoms with Gasteiger partial charge in [0.15, 0.2) is 0 Å². The third-order valence-corrected chi connectivity index (χ3v) is 7.58. The Labute approximate surface area is 193 Å². The smallest absolute Gasteiger partial charge is 0.315 e. The first-order valence-corrected chi connectivity index (χ1v) is 12.2. The van der Waals surface area contributed by atoms with Gasteiger partial charge in [-0.15, -0.1) is 11.3 Å². The maximum absolute atomic E-state index is 12.3. The van der Waals surface area contributed by atoms with E-state index in [-0.39, 0.29) is 6.03 Å². The van der Waals surface area contributed by atoms with E-state index in [9.17, 15) is 4.79 Å². The molecule has 0 radical (unpaired) electrons. The first kappa shape index (κ1) is 21.1. The number of carbonyl (C=O) groups excluding carboxylic acids is 1. The molecule has 2 aromatic heterocycles. The van der Waals surface area contributed by atoms with Crippen LogP contribution in [0, 0.1) is 12.8 Å². The molecule has 6 rings (SSSR count). The molecular formula is C25H29N5OS. The second-order valence-electron chi connectivity index (χ2n) is 8.79. The quantitative estimate of drug-likeness (QED) is 0.594. The summed E-state index contributed by atoms with van der Waals surface area (Å²) in [6, 6.07) is 16.7. The minimum Gasteiger partial charge on any atom is -0.337 e. The Kier molecular flexibility index (Phi) is 6.19. The molecule has 0 saturated carbocycles. The highest BCUT2D eigenvalue weighted by molar-refractivity contribution is 7.13. The molecule has 3 fully saturated rings. The number of benzene rings is 1. The summed E-state index contributed by atoms with van der Waals surface area (Å²) < 4.78 is 0. The number of aryl methyl sites for hydroxylation is 1. The topological polar surface area (TPSA) is 70.2 Å². The van der Waals surface area contributed by atoms with Crippen molar-refractivity contribution in [3.8, 4) is 10.6 Å². The Morgan fingerprint density at radius 3 is 2.78 bits per heavy atom. The summed E-state index contributed by atoms with van der Waals surface area (Å²) in [6.07, 6.45) is 2.29.